The molecule has 0 aliphatic carbocycles. The molecule has 0 saturated carbocycles. The molecule has 2 rings (SSSR count). The standard InChI is InChI=1S/C20H23NO4S/c1-15-7-5-8-16(13-15)24-12-6-11-20(23)25-14-19(22)21-17-9-3-4-10-18(17)26-2/h3-5,7-10,13H,6,11-12,14H2,1-2H3,(H,21,22). The van der Waals surface area contributed by atoms with Gasteiger partial charge < -0.3 is 14.8 Å². The average molecular weight is 373 g/mol. The lowest BCUT2D eigenvalue weighted by molar-refractivity contribution is -0.147. The number of ether oxygens (including phenoxy) is 2. The molecule has 0 heterocycles. The van der Waals surface area contributed by atoms with E-state index in [4.69, 9.17) is 9.47 Å². The molecule has 0 aliphatic rings. The van der Waals surface area contributed by atoms with E-state index in [0.29, 0.717) is 18.7 Å². The van der Waals surface area contributed by atoms with Crippen molar-refractivity contribution < 1.29 is 19.1 Å². The van der Waals surface area contributed by atoms with Gasteiger partial charge in [0.25, 0.3) is 5.91 Å². The van der Waals surface area contributed by atoms with E-state index in [1.54, 1.807) is 0 Å². The van der Waals surface area contributed by atoms with Crippen LogP contribution in [0.4, 0.5) is 5.69 Å². The van der Waals surface area contributed by atoms with Gasteiger partial charge in [-0.3, -0.25) is 9.59 Å². The SMILES string of the molecule is CSc1ccccc1NC(=O)COC(=O)CCCOc1cccc(C)c1. The van der Waals surface area contributed by atoms with Gasteiger partial charge in [0, 0.05) is 11.3 Å². The minimum Gasteiger partial charge on any atom is -0.494 e. The van der Waals surface area contributed by atoms with Crippen molar-refractivity contribution in [3.63, 3.8) is 0 Å². The third-order valence-corrected chi connectivity index (χ3v) is 4.32. The van der Waals surface area contributed by atoms with E-state index in [-0.39, 0.29) is 18.9 Å². The summed E-state index contributed by atoms with van der Waals surface area (Å²) in [5, 5.41) is 2.75. The smallest absolute Gasteiger partial charge is 0.306 e. The zero-order valence-electron chi connectivity index (χ0n) is 15.0. The average Bonchev–Trinajstić information content (AvgIpc) is 2.64. The first kappa shape index (κ1) is 19.8. The molecule has 138 valence electrons. The van der Waals surface area contributed by atoms with Crippen molar-refractivity contribution in [2.24, 2.45) is 0 Å². The monoisotopic (exact) mass is 373 g/mol. The van der Waals surface area contributed by atoms with Gasteiger partial charge in [0.15, 0.2) is 6.61 Å². The predicted octanol–water partition coefficient (Wildman–Crippen LogP) is 4.06. The Hall–Kier alpha value is -2.47. The van der Waals surface area contributed by atoms with Gasteiger partial charge in [-0.25, -0.2) is 0 Å². The van der Waals surface area contributed by atoms with Crippen LogP contribution in [0, 0.1) is 6.92 Å². The third-order valence-electron chi connectivity index (χ3n) is 3.53. The number of rotatable bonds is 9. The summed E-state index contributed by atoms with van der Waals surface area (Å²) >= 11 is 1.54. The van der Waals surface area contributed by atoms with E-state index >= 15 is 0 Å². The van der Waals surface area contributed by atoms with Crippen LogP contribution in [0.25, 0.3) is 0 Å². The number of nitrogens with one attached hydrogen (secondary N) is 1. The Bertz CT molecular complexity index is 748. The molecule has 6 heteroatoms. The Morgan fingerprint density at radius 1 is 1.12 bits per heavy atom. The van der Waals surface area contributed by atoms with E-state index < -0.39 is 5.97 Å². The van der Waals surface area contributed by atoms with Crippen molar-refractivity contribution >= 4 is 29.3 Å². The van der Waals surface area contributed by atoms with Crippen LogP contribution in [0.3, 0.4) is 0 Å². The Labute approximate surface area is 158 Å². The van der Waals surface area contributed by atoms with Gasteiger partial charge in [-0.2, -0.15) is 0 Å². The molecule has 0 bridgehead atoms. The van der Waals surface area contributed by atoms with Gasteiger partial charge in [0.1, 0.15) is 5.75 Å². The van der Waals surface area contributed by atoms with E-state index in [1.165, 1.54) is 11.8 Å². The van der Waals surface area contributed by atoms with Crippen molar-refractivity contribution in [3.8, 4) is 5.75 Å². The summed E-state index contributed by atoms with van der Waals surface area (Å²) in [6.07, 6.45) is 2.67. The maximum atomic E-state index is 11.9. The molecule has 0 saturated heterocycles. The molecule has 1 amide bonds. The van der Waals surface area contributed by atoms with Crippen LogP contribution in [0.15, 0.2) is 53.4 Å². The first-order valence-electron chi connectivity index (χ1n) is 8.36. The van der Waals surface area contributed by atoms with Gasteiger partial charge >= 0.3 is 5.97 Å². The Morgan fingerprint density at radius 2 is 1.92 bits per heavy atom. The van der Waals surface area contributed by atoms with Crippen molar-refractivity contribution in [2.45, 2.75) is 24.7 Å². The quantitative estimate of drug-likeness (QED) is 0.408. The predicted molar refractivity (Wildman–Crippen MR) is 104 cm³/mol. The van der Waals surface area contributed by atoms with Gasteiger partial charge in [0.2, 0.25) is 0 Å². The highest BCUT2D eigenvalue weighted by atomic mass is 32.2. The molecule has 5 nitrogen and oxygen atoms in total. The fourth-order valence-electron chi connectivity index (χ4n) is 2.26. The number of para-hydroxylation sites is 1. The molecule has 0 radical (unpaired) electrons. The zero-order valence-corrected chi connectivity index (χ0v) is 15.8. The van der Waals surface area contributed by atoms with Crippen LogP contribution in [-0.2, 0) is 14.3 Å². The van der Waals surface area contributed by atoms with Crippen molar-refractivity contribution in [2.75, 3.05) is 24.8 Å². The van der Waals surface area contributed by atoms with Crippen molar-refractivity contribution in [1.82, 2.24) is 0 Å². The summed E-state index contributed by atoms with van der Waals surface area (Å²) in [6.45, 7) is 2.12. The zero-order chi connectivity index (χ0) is 18.8. The summed E-state index contributed by atoms with van der Waals surface area (Å²) in [5.41, 5.74) is 1.84. The largest absolute Gasteiger partial charge is 0.494 e. The molecule has 2 aromatic carbocycles. The van der Waals surface area contributed by atoms with Crippen LogP contribution < -0.4 is 10.1 Å². The molecule has 0 unspecified atom stereocenters. The molecular weight excluding hydrogens is 350 g/mol. The maximum Gasteiger partial charge on any atom is 0.306 e. The highest BCUT2D eigenvalue weighted by molar-refractivity contribution is 7.98. The second-order valence-corrected chi connectivity index (χ2v) is 6.53. The van der Waals surface area contributed by atoms with Crippen LogP contribution in [-0.4, -0.2) is 31.3 Å². The van der Waals surface area contributed by atoms with Gasteiger partial charge in [-0.1, -0.05) is 24.3 Å². The topological polar surface area (TPSA) is 64.6 Å². The molecular formula is C20H23NO4S. The first-order chi connectivity index (χ1) is 12.6. The van der Waals surface area contributed by atoms with E-state index in [0.717, 1.165) is 16.2 Å². The lowest BCUT2D eigenvalue weighted by atomic mass is 10.2. The highest BCUT2D eigenvalue weighted by Crippen LogP contribution is 2.24. The fourth-order valence-corrected chi connectivity index (χ4v) is 2.82. The molecule has 0 fully saturated rings. The van der Waals surface area contributed by atoms with Gasteiger partial charge in [-0.05, 0) is 49.4 Å². The Kier molecular flexibility index (Phi) is 8.02. The van der Waals surface area contributed by atoms with E-state index in [2.05, 4.69) is 5.32 Å². The lowest BCUT2D eigenvalue weighted by Crippen LogP contribution is -2.21. The molecule has 1 N–H and O–H groups in total. The maximum absolute atomic E-state index is 11.9. The highest BCUT2D eigenvalue weighted by Gasteiger charge is 2.09. The molecule has 0 aromatic heterocycles. The summed E-state index contributed by atoms with van der Waals surface area (Å²) in [4.78, 5) is 24.6. The molecule has 0 spiro atoms. The number of amides is 1. The number of thioether (sulfide) groups is 1. The number of anilines is 1. The number of hydrogen-bond donors (Lipinski definition) is 1. The molecule has 0 atom stereocenters. The summed E-state index contributed by atoms with van der Waals surface area (Å²) in [7, 11) is 0. The molecule has 26 heavy (non-hydrogen) atoms. The molecule has 0 aliphatic heterocycles. The van der Waals surface area contributed by atoms with Crippen LogP contribution in [0.1, 0.15) is 18.4 Å². The number of carbonyl (C=O) groups excluding carboxylic acids is 2. The minimum atomic E-state index is -0.411. The summed E-state index contributed by atoms with van der Waals surface area (Å²) < 4.78 is 10.6. The number of esters is 1. The van der Waals surface area contributed by atoms with E-state index in [9.17, 15) is 9.59 Å². The van der Waals surface area contributed by atoms with Crippen molar-refractivity contribution in [3.05, 3.63) is 54.1 Å². The first-order valence-corrected chi connectivity index (χ1v) is 9.59. The van der Waals surface area contributed by atoms with E-state index in [1.807, 2.05) is 61.7 Å². The lowest BCUT2D eigenvalue weighted by Gasteiger charge is -2.10. The normalized spacial score (nSPS) is 10.2. The minimum absolute atomic E-state index is 0.209. The summed E-state index contributed by atoms with van der Waals surface area (Å²) in [6, 6.07) is 15.2. The summed E-state index contributed by atoms with van der Waals surface area (Å²) in [5.74, 6) is 0.0206. The van der Waals surface area contributed by atoms with Crippen LogP contribution >= 0.6 is 11.8 Å². The van der Waals surface area contributed by atoms with Crippen molar-refractivity contribution in [1.29, 1.82) is 0 Å². The number of benzene rings is 2. The second kappa shape index (κ2) is 10.5. The number of carbonyl (C=O) groups is 2. The fraction of sp³-hybridized carbons (Fsp3) is 0.300. The third kappa shape index (κ3) is 6.80. The number of aryl methyl sites for hydroxylation is 1. The van der Waals surface area contributed by atoms with Gasteiger partial charge in [-0.15, -0.1) is 11.8 Å². The Balaban J connectivity index is 1.64. The Morgan fingerprint density at radius 3 is 2.69 bits per heavy atom. The second-order valence-electron chi connectivity index (χ2n) is 5.68. The van der Waals surface area contributed by atoms with Crippen LogP contribution in [0.5, 0.6) is 5.75 Å². The molecule has 2 aromatic rings. The van der Waals surface area contributed by atoms with Crippen LogP contribution in [0.2, 0.25) is 0 Å². The van der Waals surface area contributed by atoms with Gasteiger partial charge in [0.05, 0.1) is 12.3 Å². The number of hydrogen-bond acceptors (Lipinski definition) is 5.